The molecule has 0 heterocycles. The summed E-state index contributed by atoms with van der Waals surface area (Å²) in [6, 6.07) is 8.34. The van der Waals surface area contributed by atoms with Gasteiger partial charge in [-0.25, -0.2) is 0 Å². The molecule has 1 amide bonds. The van der Waals surface area contributed by atoms with E-state index in [1.54, 1.807) is 30.3 Å². The Morgan fingerprint density at radius 1 is 0.966 bits per heavy atom. The zero-order chi connectivity index (χ0) is 21.1. The van der Waals surface area contributed by atoms with E-state index in [2.05, 4.69) is 19.2 Å². The molecule has 2 N–H and O–H groups in total. The van der Waals surface area contributed by atoms with Crippen molar-refractivity contribution in [3.05, 3.63) is 43.0 Å². The summed E-state index contributed by atoms with van der Waals surface area (Å²) in [4.78, 5) is 9.71. The Morgan fingerprint density at radius 3 is 1.79 bits per heavy atom. The Morgan fingerprint density at radius 2 is 1.38 bits per heavy atom. The molecule has 1 aromatic rings. The molecule has 1 rings (SSSR count). The number of benzene rings is 1. The van der Waals surface area contributed by atoms with Crippen LogP contribution >= 0.6 is 0 Å². The summed E-state index contributed by atoms with van der Waals surface area (Å²) < 4.78 is 28.9. The smallest absolute Gasteiger partial charge is 1.00 e. The van der Waals surface area contributed by atoms with Crippen molar-refractivity contribution >= 4 is 16.0 Å². The van der Waals surface area contributed by atoms with Crippen molar-refractivity contribution < 1.29 is 48.4 Å². The molecule has 0 spiro atoms. The van der Waals surface area contributed by atoms with E-state index in [0.29, 0.717) is 0 Å². The van der Waals surface area contributed by atoms with Crippen LogP contribution in [0, 0.1) is 0 Å². The van der Waals surface area contributed by atoms with Crippen LogP contribution in [-0.4, -0.2) is 20.9 Å². The first-order valence-corrected chi connectivity index (χ1v) is 11.7. The van der Waals surface area contributed by atoms with E-state index < -0.39 is 16.0 Å². The molecule has 0 aliphatic heterocycles. The minimum absolute atomic E-state index is 0. The van der Waals surface area contributed by atoms with Gasteiger partial charge in [-0.3, -0.25) is 8.98 Å². The monoisotopic (exact) mass is 435 g/mol. The molecule has 0 saturated heterocycles. The van der Waals surface area contributed by atoms with Gasteiger partial charge in [-0.1, -0.05) is 95.9 Å². The predicted molar refractivity (Wildman–Crippen MR) is 117 cm³/mol. The number of nitrogens with two attached hydrogens (primary N) is 1. The van der Waals surface area contributed by atoms with Crippen molar-refractivity contribution in [1.82, 2.24) is 0 Å². The number of carbonyl (C=O) groups excluding carboxylic acids is 1. The number of hydrogen-bond donors (Lipinski definition) is 1. The quantitative estimate of drug-likeness (QED) is 0.198. The molecule has 0 fully saturated rings. The average Bonchev–Trinajstić information content (AvgIpc) is 2.70. The van der Waals surface area contributed by atoms with Gasteiger partial charge in [0.1, 0.15) is 0 Å². The molecule has 1 aromatic carbocycles. The van der Waals surface area contributed by atoms with Gasteiger partial charge in [0.15, 0.2) is 0 Å². The number of unbranched alkanes of at least 4 members (excludes halogenated alkanes) is 10. The maximum atomic E-state index is 11.9. The number of carbonyl (C=O) groups is 1. The predicted octanol–water partition coefficient (Wildman–Crippen LogP) is 2.48. The van der Waals surface area contributed by atoms with Crippen LogP contribution in [0.25, 0.3) is 0 Å². The Kier molecular flexibility index (Phi) is 21.7. The van der Waals surface area contributed by atoms with E-state index >= 15 is 0 Å². The molecule has 0 saturated carbocycles. The van der Waals surface area contributed by atoms with Gasteiger partial charge in [-0.05, 0) is 24.6 Å². The maximum absolute atomic E-state index is 11.9. The fourth-order valence-corrected chi connectivity index (χ4v) is 3.55. The summed E-state index contributed by atoms with van der Waals surface area (Å²) in [5, 5.41) is 0. The van der Waals surface area contributed by atoms with E-state index in [0.717, 1.165) is 18.9 Å². The summed E-state index contributed by atoms with van der Waals surface area (Å²) in [6.45, 7) is 5.62. The van der Waals surface area contributed by atoms with Gasteiger partial charge < -0.3 is 7.16 Å². The van der Waals surface area contributed by atoms with Gasteiger partial charge in [0.25, 0.3) is 10.1 Å². The minimum atomic E-state index is -3.57. The van der Waals surface area contributed by atoms with E-state index in [1.807, 2.05) is 0 Å². The van der Waals surface area contributed by atoms with Crippen molar-refractivity contribution in [3.8, 4) is 0 Å². The van der Waals surface area contributed by atoms with E-state index in [4.69, 9.17) is 4.18 Å². The van der Waals surface area contributed by atoms with Crippen molar-refractivity contribution in [1.29, 1.82) is 0 Å². The second kappa shape index (κ2) is 20.6. The Bertz CT molecular complexity index is 627. The number of hydrogen-bond acceptors (Lipinski definition) is 4. The molecule has 0 bridgehead atoms. The Hall–Kier alpha value is -0.660. The molecule has 0 aliphatic rings. The van der Waals surface area contributed by atoms with Crippen LogP contribution < -0.4 is 35.3 Å². The molecule has 0 radical (unpaired) electrons. The molecule has 5 nitrogen and oxygen atoms in total. The standard InChI is InChI=1S/C19H32O3S.C3H5NO.Na.H/c1-2-3-4-5-6-7-8-9-10-11-15-18-22-23(20,21)19-16-13-12-14-17-19;1-2-3(4)5;;/h12-14,16-17H,2-11,15,18H2,1H3;2H,1H2,(H2,4,5);;/q;;+1;-1. The van der Waals surface area contributed by atoms with Gasteiger partial charge in [-0.2, -0.15) is 8.42 Å². The maximum Gasteiger partial charge on any atom is 1.00 e. The third kappa shape index (κ3) is 19.1. The van der Waals surface area contributed by atoms with Crippen LogP contribution in [0.3, 0.4) is 0 Å². The third-order valence-electron chi connectivity index (χ3n) is 4.22. The first kappa shape index (κ1) is 30.5. The molecule has 0 atom stereocenters. The SMILES string of the molecule is C=CC(N)=O.CCCCCCCCCCCCCOS(=O)(=O)c1ccccc1.[H-].[Na+]. The normalized spacial score (nSPS) is 10.4. The Labute approximate surface area is 201 Å². The summed E-state index contributed by atoms with van der Waals surface area (Å²) >= 11 is 0. The molecule has 7 heteroatoms. The number of primary amides is 1. The van der Waals surface area contributed by atoms with Gasteiger partial charge >= 0.3 is 29.6 Å². The summed E-state index contributed by atoms with van der Waals surface area (Å²) in [5.74, 6) is -0.481. The van der Waals surface area contributed by atoms with Gasteiger partial charge in [0, 0.05) is 0 Å². The fourth-order valence-electron chi connectivity index (χ4n) is 2.59. The molecule has 162 valence electrons. The van der Waals surface area contributed by atoms with Crippen LogP contribution in [0.5, 0.6) is 0 Å². The minimum Gasteiger partial charge on any atom is -1.00 e. The van der Waals surface area contributed by atoms with E-state index in [9.17, 15) is 13.2 Å². The van der Waals surface area contributed by atoms with Crippen LogP contribution in [-0.2, 0) is 19.1 Å². The summed E-state index contributed by atoms with van der Waals surface area (Å²) in [6.07, 6.45) is 14.7. The van der Waals surface area contributed by atoms with Crippen LogP contribution in [0.15, 0.2) is 47.9 Å². The molecule has 0 aromatic heterocycles. The Balaban J connectivity index is -0.000000930. The third-order valence-corrected chi connectivity index (χ3v) is 5.55. The van der Waals surface area contributed by atoms with Gasteiger partial charge in [-0.15, -0.1) is 0 Å². The number of amides is 1. The van der Waals surface area contributed by atoms with Crippen LogP contribution in [0.2, 0.25) is 0 Å². The molecular weight excluding hydrogens is 397 g/mol. The average molecular weight is 436 g/mol. The first-order valence-electron chi connectivity index (χ1n) is 10.3. The second-order valence-electron chi connectivity index (χ2n) is 6.73. The van der Waals surface area contributed by atoms with Crippen molar-refractivity contribution in [2.45, 2.75) is 82.4 Å². The zero-order valence-electron chi connectivity index (χ0n) is 19.3. The zero-order valence-corrected chi connectivity index (χ0v) is 21.1. The van der Waals surface area contributed by atoms with Crippen molar-refractivity contribution in [2.75, 3.05) is 6.61 Å². The number of rotatable bonds is 15. The molecule has 0 aliphatic carbocycles. The largest absolute Gasteiger partial charge is 1.00 e. The van der Waals surface area contributed by atoms with Crippen LogP contribution in [0.4, 0.5) is 0 Å². The molecule has 0 unspecified atom stereocenters. The molecular formula is C22H38NNaO4S. The molecule has 29 heavy (non-hydrogen) atoms. The summed E-state index contributed by atoms with van der Waals surface area (Å²) in [7, 11) is -3.57. The topological polar surface area (TPSA) is 86.5 Å². The van der Waals surface area contributed by atoms with Gasteiger partial charge in [0.2, 0.25) is 5.91 Å². The van der Waals surface area contributed by atoms with E-state index in [-0.39, 0.29) is 42.5 Å². The van der Waals surface area contributed by atoms with Crippen molar-refractivity contribution in [3.63, 3.8) is 0 Å². The van der Waals surface area contributed by atoms with Gasteiger partial charge in [0.05, 0.1) is 11.5 Å². The summed E-state index contributed by atoms with van der Waals surface area (Å²) in [5.41, 5.74) is 4.53. The first-order chi connectivity index (χ1) is 13.4. The van der Waals surface area contributed by atoms with Crippen molar-refractivity contribution in [2.24, 2.45) is 5.73 Å². The fraction of sp³-hybridized carbons (Fsp3) is 0.591. The van der Waals surface area contributed by atoms with Crippen LogP contribution in [0.1, 0.15) is 79.0 Å². The van der Waals surface area contributed by atoms with E-state index in [1.165, 1.54) is 57.8 Å². The second-order valence-corrected chi connectivity index (χ2v) is 8.35.